The van der Waals surface area contributed by atoms with Crippen LogP contribution in [-0.4, -0.2) is 10.8 Å². The molecule has 2 aromatic carbocycles. The molecule has 0 aliphatic heterocycles. The van der Waals surface area contributed by atoms with Crippen molar-refractivity contribution in [2.24, 2.45) is 0 Å². The number of nitrogens with one attached hydrogen (secondary N) is 1. The monoisotopic (exact) mass is 368 g/mol. The van der Waals surface area contributed by atoms with Gasteiger partial charge in [0, 0.05) is 26.7 Å². The third-order valence-electron chi connectivity index (χ3n) is 2.85. The van der Waals surface area contributed by atoms with Gasteiger partial charge < -0.3 is 5.32 Å². The fourth-order valence-electron chi connectivity index (χ4n) is 1.73. The smallest absolute Gasteiger partial charge is 0.273 e. The van der Waals surface area contributed by atoms with E-state index in [4.69, 9.17) is 11.6 Å². The first kappa shape index (κ1) is 15.5. The zero-order valence-corrected chi connectivity index (χ0v) is 13.2. The third-order valence-corrected chi connectivity index (χ3v) is 3.74. The molecule has 0 spiro atoms. The number of rotatable bonds is 3. The molecular weight excluding hydrogens is 360 g/mol. The SMILES string of the molecule is Cc1ccc(C(=O)Nc2ccc(Cl)cc2Br)cc1[N+](=O)[O-]. The highest BCUT2D eigenvalue weighted by molar-refractivity contribution is 9.10. The van der Waals surface area contributed by atoms with Gasteiger partial charge in [0.2, 0.25) is 0 Å². The Morgan fingerprint density at radius 1 is 1.29 bits per heavy atom. The van der Waals surface area contributed by atoms with Gasteiger partial charge in [0.05, 0.1) is 10.6 Å². The lowest BCUT2D eigenvalue weighted by atomic mass is 10.1. The highest BCUT2D eigenvalue weighted by Crippen LogP contribution is 2.27. The molecule has 0 aliphatic rings. The van der Waals surface area contributed by atoms with Crippen LogP contribution in [0.25, 0.3) is 0 Å². The molecule has 1 N–H and O–H groups in total. The van der Waals surface area contributed by atoms with Crippen LogP contribution >= 0.6 is 27.5 Å². The molecule has 0 aliphatic carbocycles. The summed E-state index contributed by atoms with van der Waals surface area (Å²) in [6.07, 6.45) is 0. The quantitative estimate of drug-likeness (QED) is 0.636. The number of aryl methyl sites for hydroxylation is 1. The summed E-state index contributed by atoms with van der Waals surface area (Å²) in [6.45, 7) is 1.62. The number of hydrogen-bond acceptors (Lipinski definition) is 3. The van der Waals surface area contributed by atoms with Gasteiger partial charge in [0.25, 0.3) is 11.6 Å². The highest BCUT2D eigenvalue weighted by atomic mass is 79.9. The number of carbonyl (C=O) groups is 1. The number of nitro groups is 1. The minimum Gasteiger partial charge on any atom is -0.321 e. The van der Waals surface area contributed by atoms with Gasteiger partial charge in [-0.25, -0.2) is 0 Å². The van der Waals surface area contributed by atoms with Crippen LogP contribution in [0.3, 0.4) is 0 Å². The standard InChI is InChI=1S/C14H10BrClN2O3/c1-8-2-3-9(6-13(8)18(20)21)14(19)17-12-5-4-10(16)7-11(12)15/h2-7H,1H3,(H,17,19). The van der Waals surface area contributed by atoms with Crippen molar-refractivity contribution in [1.29, 1.82) is 0 Å². The van der Waals surface area contributed by atoms with E-state index in [0.717, 1.165) is 0 Å². The molecule has 5 nitrogen and oxygen atoms in total. The van der Waals surface area contributed by atoms with Gasteiger partial charge in [-0.05, 0) is 47.1 Å². The Morgan fingerprint density at radius 2 is 2.00 bits per heavy atom. The molecule has 0 heterocycles. The second-order valence-electron chi connectivity index (χ2n) is 4.34. The van der Waals surface area contributed by atoms with Crippen molar-refractivity contribution < 1.29 is 9.72 Å². The number of amides is 1. The first-order valence-corrected chi connectivity index (χ1v) is 7.07. The molecule has 2 aromatic rings. The summed E-state index contributed by atoms with van der Waals surface area (Å²) in [5, 5.41) is 14.1. The van der Waals surface area contributed by atoms with Crippen molar-refractivity contribution in [1.82, 2.24) is 0 Å². The average molecular weight is 370 g/mol. The largest absolute Gasteiger partial charge is 0.321 e. The summed E-state index contributed by atoms with van der Waals surface area (Å²) < 4.78 is 0.630. The molecule has 1 amide bonds. The van der Waals surface area contributed by atoms with Crippen LogP contribution in [0.5, 0.6) is 0 Å². The van der Waals surface area contributed by atoms with E-state index in [1.165, 1.54) is 6.07 Å². The average Bonchev–Trinajstić information content (AvgIpc) is 2.42. The molecule has 0 bridgehead atoms. The molecule has 21 heavy (non-hydrogen) atoms. The topological polar surface area (TPSA) is 72.2 Å². The van der Waals surface area contributed by atoms with Crippen molar-refractivity contribution in [3.05, 3.63) is 67.1 Å². The number of benzene rings is 2. The summed E-state index contributed by atoms with van der Waals surface area (Å²) in [5.74, 6) is -0.430. The Balaban J connectivity index is 2.28. The summed E-state index contributed by atoms with van der Waals surface area (Å²) in [7, 11) is 0. The van der Waals surface area contributed by atoms with Crippen molar-refractivity contribution in [3.63, 3.8) is 0 Å². The Bertz CT molecular complexity index is 734. The number of hydrogen-bond donors (Lipinski definition) is 1. The predicted octanol–water partition coefficient (Wildman–Crippen LogP) is 4.57. The van der Waals surface area contributed by atoms with Crippen LogP contribution in [0, 0.1) is 17.0 Å². The molecule has 0 saturated carbocycles. The number of carbonyl (C=O) groups excluding carboxylic acids is 1. The summed E-state index contributed by atoms with van der Waals surface area (Å²) in [4.78, 5) is 22.5. The van der Waals surface area contributed by atoms with E-state index in [1.54, 1.807) is 37.3 Å². The Hall–Kier alpha value is -1.92. The molecule has 0 saturated heterocycles. The van der Waals surface area contributed by atoms with E-state index in [-0.39, 0.29) is 11.3 Å². The van der Waals surface area contributed by atoms with Gasteiger partial charge in [-0.15, -0.1) is 0 Å². The Morgan fingerprint density at radius 3 is 2.62 bits per heavy atom. The lowest BCUT2D eigenvalue weighted by molar-refractivity contribution is -0.385. The molecular formula is C14H10BrClN2O3. The number of nitro benzene ring substituents is 1. The third kappa shape index (κ3) is 3.59. The van der Waals surface area contributed by atoms with Gasteiger partial charge in [-0.2, -0.15) is 0 Å². The lowest BCUT2D eigenvalue weighted by Gasteiger charge is -2.08. The number of nitrogens with zero attached hydrogens (tertiary/aromatic N) is 1. The molecule has 0 fully saturated rings. The summed E-state index contributed by atoms with van der Waals surface area (Å²) >= 11 is 9.12. The molecule has 7 heteroatoms. The minimum absolute atomic E-state index is 0.0854. The number of anilines is 1. The van der Waals surface area contributed by atoms with Gasteiger partial charge in [0.15, 0.2) is 0 Å². The predicted molar refractivity (Wildman–Crippen MR) is 84.9 cm³/mol. The van der Waals surface area contributed by atoms with Crippen LogP contribution in [0.4, 0.5) is 11.4 Å². The van der Waals surface area contributed by atoms with E-state index >= 15 is 0 Å². The van der Waals surface area contributed by atoms with E-state index in [2.05, 4.69) is 21.2 Å². The van der Waals surface area contributed by atoms with Crippen molar-refractivity contribution in [2.75, 3.05) is 5.32 Å². The Kier molecular flexibility index (Phi) is 4.59. The zero-order valence-electron chi connectivity index (χ0n) is 10.9. The van der Waals surface area contributed by atoms with Crippen LogP contribution in [0.15, 0.2) is 40.9 Å². The highest BCUT2D eigenvalue weighted by Gasteiger charge is 2.15. The van der Waals surface area contributed by atoms with Gasteiger partial charge in [0.1, 0.15) is 0 Å². The first-order chi connectivity index (χ1) is 9.88. The second kappa shape index (κ2) is 6.24. The van der Waals surface area contributed by atoms with Gasteiger partial charge >= 0.3 is 0 Å². The van der Waals surface area contributed by atoms with Crippen LogP contribution in [0.2, 0.25) is 5.02 Å². The van der Waals surface area contributed by atoms with Crippen molar-refractivity contribution in [2.45, 2.75) is 6.92 Å². The normalized spacial score (nSPS) is 10.2. The molecule has 2 rings (SSSR count). The molecule has 0 aromatic heterocycles. The van der Waals surface area contributed by atoms with Gasteiger partial charge in [-0.3, -0.25) is 14.9 Å². The van der Waals surface area contributed by atoms with Crippen LogP contribution < -0.4 is 5.32 Å². The molecule has 0 unspecified atom stereocenters. The first-order valence-electron chi connectivity index (χ1n) is 5.90. The van der Waals surface area contributed by atoms with E-state index in [0.29, 0.717) is 20.7 Å². The van der Waals surface area contributed by atoms with Crippen molar-refractivity contribution in [3.8, 4) is 0 Å². The molecule has 0 atom stereocenters. The maximum absolute atomic E-state index is 12.1. The molecule has 0 radical (unpaired) electrons. The number of halogens is 2. The van der Waals surface area contributed by atoms with Crippen LogP contribution in [-0.2, 0) is 0 Å². The van der Waals surface area contributed by atoms with Crippen LogP contribution in [0.1, 0.15) is 15.9 Å². The minimum atomic E-state index is -0.510. The zero-order chi connectivity index (χ0) is 15.6. The maximum Gasteiger partial charge on any atom is 0.273 e. The fraction of sp³-hybridized carbons (Fsp3) is 0.0714. The van der Waals surface area contributed by atoms with Crippen molar-refractivity contribution >= 4 is 44.8 Å². The fourth-order valence-corrected chi connectivity index (χ4v) is 2.51. The summed E-state index contributed by atoms with van der Waals surface area (Å²) in [6, 6.07) is 9.28. The Labute approximate surface area is 134 Å². The van der Waals surface area contributed by atoms with E-state index in [9.17, 15) is 14.9 Å². The molecule has 108 valence electrons. The summed E-state index contributed by atoms with van der Waals surface area (Å²) in [5.41, 5.74) is 1.17. The van der Waals surface area contributed by atoms with E-state index < -0.39 is 10.8 Å². The maximum atomic E-state index is 12.1. The lowest BCUT2D eigenvalue weighted by Crippen LogP contribution is -2.12. The van der Waals surface area contributed by atoms with Gasteiger partial charge in [-0.1, -0.05) is 17.7 Å². The van der Waals surface area contributed by atoms with E-state index in [1.807, 2.05) is 0 Å². The second-order valence-corrected chi connectivity index (χ2v) is 5.63.